The Morgan fingerprint density at radius 3 is 3.00 bits per heavy atom. The predicted octanol–water partition coefficient (Wildman–Crippen LogP) is 1.48. The van der Waals surface area contributed by atoms with Crippen molar-refractivity contribution in [1.82, 2.24) is 0 Å². The van der Waals surface area contributed by atoms with E-state index in [1.165, 1.54) is 6.07 Å². The van der Waals surface area contributed by atoms with Gasteiger partial charge in [-0.25, -0.2) is 4.39 Å². The molecule has 2 rings (SSSR count). The van der Waals surface area contributed by atoms with Crippen molar-refractivity contribution in [2.75, 3.05) is 0 Å². The molecule has 1 aliphatic carbocycles. The molecule has 3 heteroatoms. The third kappa shape index (κ3) is 0.898. The van der Waals surface area contributed by atoms with Crippen LogP contribution in [0.2, 0.25) is 0 Å². The summed E-state index contributed by atoms with van der Waals surface area (Å²) in [7, 11) is 0. The van der Waals surface area contributed by atoms with Crippen molar-refractivity contribution in [3.8, 4) is 5.75 Å². The molecule has 1 aliphatic rings. The number of aromatic hydroxyl groups is 1. The highest BCUT2D eigenvalue weighted by Crippen LogP contribution is 2.34. The Morgan fingerprint density at radius 2 is 2.25 bits per heavy atom. The second-order valence-electron chi connectivity index (χ2n) is 3.11. The first-order valence-corrected chi connectivity index (χ1v) is 3.96. The lowest BCUT2D eigenvalue weighted by Gasteiger charge is -2.05. The van der Waals surface area contributed by atoms with Crippen molar-refractivity contribution in [3.05, 3.63) is 29.1 Å². The molecule has 3 N–H and O–H groups in total. The van der Waals surface area contributed by atoms with Crippen molar-refractivity contribution in [1.29, 1.82) is 0 Å². The van der Waals surface area contributed by atoms with Crippen LogP contribution in [-0.2, 0) is 6.42 Å². The number of phenols is 1. The SMILES string of the molecule is NC1CCc2c1ccc(O)c2F. The molecule has 1 aromatic rings. The molecule has 2 nitrogen and oxygen atoms in total. The minimum Gasteiger partial charge on any atom is -0.505 e. The second kappa shape index (κ2) is 2.45. The summed E-state index contributed by atoms with van der Waals surface area (Å²) < 4.78 is 13.2. The number of halogens is 1. The molecule has 0 saturated heterocycles. The Bertz CT molecular complexity index is 325. The summed E-state index contributed by atoms with van der Waals surface area (Å²) in [4.78, 5) is 0. The van der Waals surface area contributed by atoms with Crippen LogP contribution in [0.15, 0.2) is 12.1 Å². The third-order valence-corrected chi connectivity index (χ3v) is 2.36. The van der Waals surface area contributed by atoms with Crippen molar-refractivity contribution >= 4 is 0 Å². The second-order valence-corrected chi connectivity index (χ2v) is 3.11. The summed E-state index contributed by atoms with van der Waals surface area (Å²) in [6.45, 7) is 0. The van der Waals surface area contributed by atoms with Gasteiger partial charge in [0.1, 0.15) is 0 Å². The average Bonchev–Trinajstić information content (AvgIpc) is 2.41. The Hall–Kier alpha value is -1.09. The Kier molecular flexibility index (Phi) is 1.54. The molecule has 1 atom stereocenters. The van der Waals surface area contributed by atoms with Crippen molar-refractivity contribution in [2.45, 2.75) is 18.9 Å². The lowest BCUT2D eigenvalue weighted by atomic mass is 10.1. The Morgan fingerprint density at radius 1 is 1.50 bits per heavy atom. The number of fused-ring (bicyclic) bond motifs is 1. The van der Waals surface area contributed by atoms with E-state index in [4.69, 9.17) is 10.8 Å². The molecule has 0 amide bonds. The van der Waals surface area contributed by atoms with E-state index in [0.29, 0.717) is 12.0 Å². The van der Waals surface area contributed by atoms with Crippen LogP contribution < -0.4 is 5.73 Å². The molecule has 0 fully saturated rings. The Balaban J connectivity index is 2.60. The number of phenolic OH excluding ortho intramolecular Hbond substituents is 1. The zero-order valence-electron chi connectivity index (χ0n) is 6.55. The van der Waals surface area contributed by atoms with Gasteiger partial charge >= 0.3 is 0 Å². The van der Waals surface area contributed by atoms with Gasteiger partial charge in [-0.05, 0) is 30.0 Å². The maximum atomic E-state index is 13.2. The first kappa shape index (κ1) is 7.55. The van der Waals surface area contributed by atoms with E-state index in [1.807, 2.05) is 0 Å². The topological polar surface area (TPSA) is 46.2 Å². The highest BCUT2D eigenvalue weighted by molar-refractivity contribution is 5.41. The molecule has 0 bridgehead atoms. The van der Waals surface area contributed by atoms with Crippen molar-refractivity contribution in [3.63, 3.8) is 0 Å². The van der Waals surface area contributed by atoms with E-state index in [9.17, 15) is 4.39 Å². The van der Waals surface area contributed by atoms with Crippen LogP contribution >= 0.6 is 0 Å². The Labute approximate surface area is 69.8 Å². The quantitative estimate of drug-likeness (QED) is 0.614. The van der Waals surface area contributed by atoms with Crippen LogP contribution in [0.3, 0.4) is 0 Å². The van der Waals surface area contributed by atoms with Gasteiger partial charge in [0.25, 0.3) is 0 Å². The molecular formula is C9H10FNO. The largest absolute Gasteiger partial charge is 0.505 e. The van der Waals surface area contributed by atoms with Gasteiger partial charge in [-0.2, -0.15) is 0 Å². The lowest BCUT2D eigenvalue weighted by Crippen LogP contribution is -2.05. The van der Waals surface area contributed by atoms with Crippen LogP contribution in [0.25, 0.3) is 0 Å². The summed E-state index contributed by atoms with van der Waals surface area (Å²) in [5, 5.41) is 9.05. The van der Waals surface area contributed by atoms with Gasteiger partial charge < -0.3 is 10.8 Å². The summed E-state index contributed by atoms with van der Waals surface area (Å²) in [5.41, 5.74) is 7.14. The highest BCUT2D eigenvalue weighted by Gasteiger charge is 2.23. The fourth-order valence-corrected chi connectivity index (χ4v) is 1.68. The normalized spacial score (nSPS) is 21.0. The van der Waals surface area contributed by atoms with E-state index in [2.05, 4.69) is 0 Å². The molecule has 0 heterocycles. The maximum Gasteiger partial charge on any atom is 0.168 e. The number of benzene rings is 1. The van der Waals surface area contributed by atoms with E-state index < -0.39 is 5.82 Å². The summed E-state index contributed by atoms with van der Waals surface area (Å²) in [5.74, 6) is -0.775. The summed E-state index contributed by atoms with van der Waals surface area (Å²) >= 11 is 0. The maximum absolute atomic E-state index is 13.2. The number of hydrogen-bond donors (Lipinski definition) is 2. The third-order valence-electron chi connectivity index (χ3n) is 2.36. The first-order valence-electron chi connectivity index (χ1n) is 3.96. The molecule has 12 heavy (non-hydrogen) atoms. The lowest BCUT2D eigenvalue weighted by molar-refractivity contribution is 0.429. The summed E-state index contributed by atoms with van der Waals surface area (Å²) in [6, 6.07) is 3.00. The fraction of sp³-hybridized carbons (Fsp3) is 0.333. The molecule has 1 aromatic carbocycles. The average molecular weight is 167 g/mol. The van der Waals surface area contributed by atoms with Crippen LogP contribution in [0.5, 0.6) is 5.75 Å². The van der Waals surface area contributed by atoms with Gasteiger partial charge in [0.05, 0.1) is 0 Å². The molecule has 1 unspecified atom stereocenters. The zero-order chi connectivity index (χ0) is 8.72. The van der Waals surface area contributed by atoms with Gasteiger partial charge in [-0.1, -0.05) is 6.07 Å². The molecule has 0 aromatic heterocycles. The molecule has 64 valence electrons. The smallest absolute Gasteiger partial charge is 0.168 e. The monoisotopic (exact) mass is 167 g/mol. The minimum atomic E-state index is -0.500. The minimum absolute atomic E-state index is 0.0601. The van der Waals surface area contributed by atoms with Crippen molar-refractivity contribution < 1.29 is 9.50 Å². The van der Waals surface area contributed by atoms with E-state index in [1.54, 1.807) is 6.07 Å². The van der Waals surface area contributed by atoms with E-state index in [0.717, 1.165) is 12.0 Å². The molecule has 0 spiro atoms. The van der Waals surface area contributed by atoms with Crippen molar-refractivity contribution in [2.24, 2.45) is 5.73 Å². The fourth-order valence-electron chi connectivity index (χ4n) is 1.68. The van der Waals surface area contributed by atoms with Crippen LogP contribution in [-0.4, -0.2) is 5.11 Å². The van der Waals surface area contributed by atoms with Crippen LogP contribution in [0.1, 0.15) is 23.6 Å². The van der Waals surface area contributed by atoms with E-state index >= 15 is 0 Å². The van der Waals surface area contributed by atoms with Gasteiger partial charge in [0.2, 0.25) is 0 Å². The number of nitrogens with two attached hydrogens (primary N) is 1. The van der Waals surface area contributed by atoms with Gasteiger partial charge in [-0.3, -0.25) is 0 Å². The number of rotatable bonds is 0. The molecule has 0 radical (unpaired) electrons. The number of hydrogen-bond acceptors (Lipinski definition) is 2. The molecule has 0 aliphatic heterocycles. The van der Waals surface area contributed by atoms with Gasteiger partial charge in [0, 0.05) is 6.04 Å². The van der Waals surface area contributed by atoms with Gasteiger partial charge in [0.15, 0.2) is 11.6 Å². The first-order chi connectivity index (χ1) is 5.70. The van der Waals surface area contributed by atoms with Crippen LogP contribution in [0.4, 0.5) is 4.39 Å². The molecular weight excluding hydrogens is 157 g/mol. The zero-order valence-corrected chi connectivity index (χ0v) is 6.55. The highest BCUT2D eigenvalue weighted by atomic mass is 19.1. The predicted molar refractivity (Wildman–Crippen MR) is 43.3 cm³/mol. The van der Waals surface area contributed by atoms with Gasteiger partial charge in [-0.15, -0.1) is 0 Å². The van der Waals surface area contributed by atoms with E-state index in [-0.39, 0.29) is 11.8 Å². The molecule has 0 saturated carbocycles. The standard InChI is InChI=1S/C9H10FNO/c10-9-6-1-3-7(11)5(6)2-4-8(9)12/h2,4,7,12H,1,3,11H2. The van der Waals surface area contributed by atoms with Crippen LogP contribution in [0, 0.1) is 5.82 Å². The summed E-state index contributed by atoms with van der Waals surface area (Å²) in [6.07, 6.45) is 1.41.